The van der Waals surface area contributed by atoms with Crippen LogP contribution in [0.25, 0.3) is 10.9 Å². The minimum atomic E-state index is -4.33. The van der Waals surface area contributed by atoms with Crippen molar-refractivity contribution < 1.29 is 17.9 Å². The number of benzene rings is 2. The largest absolute Gasteiger partial charge is 0.477 e. The molecule has 1 aromatic heterocycles. The van der Waals surface area contributed by atoms with Crippen molar-refractivity contribution in [2.45, 2.75) is 12.6 Å². The lowest BCUT2D eigenvalue weighted by molar-refractivity contribution is -0.137. The molecule has 0 unspecified atom stereocenters. The molecule has 3 rings (SSSR count). The van der Waals surface area contributed by atoms with Gasteiger partial charge in [0.15, 0.2) is 0 Å². The number of aromatic nitrogens is 2. The van der Waals surface area contributed by atoms with Gasteiger partial charge in [-0.25, -0.2) is 9.97 Å². The molecule has 0 N–H and O–H groups in total. The van der Waals surface area contributed by atoms with Crippen molar-refractivity contribution in [2.75, 3.05) is 6.61 Å². The van der Waals surface area contributed by atoms with Gasteiger partial charge in [0.05, 0.1) is 23.1 Å². The summed E-state index contributed by atoms with van der Waals surface area (Å²) in [6.07, 6.45) is -2.57. The van der Waals surface area contributed by atoms with Crippen LogP contribution in [-0.2, 0) is 12.6 Å². The van der Waals surface area contributed by atoms with Crippen molar-refractivity contribution in [3.63, 3.8) is 0 Å². The van der Waals surface area contributed by atoms with Gasteiger partial charge in [0.25, 0.3) is 0 Å². The molecule has 23 heavy (non-hydrogen) atoms. The summed E-state index contributed by atoms with van der Waals surface area (Å²) in [5, 5.41) is 0.777. The summed E-state index contributed by atoms with van der Waals surface area (Å²) in [5.41, 5.74) is 0.678. The minimum Gasteiger partial charge on any atom is -0.477 e. The molecule has 0 radical (unpaired) electrons. The fraction of sp³-hybridized carbons (Fsp3) is 0.176. The first kappa shape index (κ1) is 15.3. The van der Waals surface area contributed by atoms with Crippen LogP contribution >= 0.6 is 0 Å². The summed E-state index contributed by atoms with van der Waals surface area (Å²) in [6.45, 7) is 0.238. The topological polar surface area (TPSA) is 35.0 Å². The molecule has 0 saturated heterocycles. The van der Waals surface area contributed by atoms with E-state index in [1.807, 2.05) is 24.3 Å². The SMILES string of the molecule is FC(F)(F)c1cccc(CCOc2ncnc3ccccc23)c1. The lowest BCUT2D eigenvalue weighted by atomic mass is 10.1. The van der Waals surface area contributed by atoms with Crippen LogP contribution in [0.3, 0.4) is 0 Å². The van der Waals surface area contributed by atoms with Crippen molar-refractivity contribution in [1.29, 1.82) is 0 Å². The average Bonchev–Trinajstić information content (AvgIpc) is 2.55. The van der Waals surface area contributed by atoms with Crippen LogP contribution in [0.5, 0.6) is 5.88 Å². The molecule has 0 aliphatic carbocycles. The highest BCUT2D eigenvalue weighted by molar-refractivity contribution is 5.82. The van der Waals surface area contributed by atoms with Gasteiger partial charge < -0.3 is 4.74 Å². The molecule has 0 bridgehead atoms. The van der Waals surface area contributed by atoms with Gasteiger partial charge in [-0.2, -0.15) is 13.2 Å². The van der Waals surface area contributed by atoms with E-state index >= 15 is 0 Å². The second-order valence-electron chi connectivity index (χ2n) is 4.99. The fourth-order valence-corrected chi connectivity index (χ4v) is 2.26. The van der Waals surface area contributed by atoms with Crippen LogP contribution in [0.2, 0.25) is 0 Å². The van der Waals surface area contributed by atoms with Gasteiger partial charge in [0, 0.05) is 6.42 Å². The Morgan fingerprint density at radius 1 is 0.957 bits per heavy atom. The van der Waals surface area contributed by atoms with E-state index in [1.165, 1.54) is 12.4 Å². The molecular weight excluding hydrogens is 305 g/mol. The molecule has 0 aliphatic heterocycles. The number of alkyl halides is 3. The van der Waals surface area contributed by atoms with Gasteiger partial charge in [-0.05, 0) is 23.8 Å². The zero-order valence-electron chi connectivity index (χ0n) is 12.0. The first-order valence-electron chi connectivity index (χ1n) is 7.03. The van der Waals surface area contributed by atoms with Crippen LogP contribution in [0, 0.1) is 0 Å². The van der Waals surface area contributed by atoms with E-state index in [1.54, 1.807) is 6.07 Å². The maximum atomic E-state index is 12.7. The summed E-state index contributed by atoms with van der Waals surface area (Å²) in [4.78, 5) is 8.21. The number of halogens is 3. The van der Waals surface area contributed by atoms with Crippen molar-refractivity contribution >= 4 is 10.9 Å². The Hall–Kier alpha value is -2.63. The fourth-order valence-electron chi connectivity index (χ4n) is 2.26. The summed E-state index contributed by atoms with van der Waals surface area (Å²) in [6, 6.07) is 12.7. The maximum absolute atomic E-state index is 12.7. The van der Waals surface area contributed by atoms with Crippen molar-refractivity contribution in [2.24, 2.45) is 0 Å². The molecule has 118 valence electrons. The van der Waals surface area contributed by atoms with Gasteiger partial charge in [-0.1, -0.05) is 30.3 Å². The Morgan fingerprint density at radius 2 is 1.78 bits per heavy atom. The van der Waals surface area contributed by atoms with E-state index in [9.17, 15) is 13.2 Å². The van der Waals surface area contributed by atoms with E-state index < -0.39 is 11.7 Å². The Labute approximate surface area is 130 Å². The standard InChI is InChI=1S/C17H13F3N2O/c18-17(19,20)13-5-3-4-12(10-13)8-9-23-16-14-6-1-2-7-15(14)21-11-22-16/h1-7,10-11H,8-9H2. The molecule has 0 aliphatic rings. The van der Waals surface area contributed by atoms with Gasteiger partial charge in [-0.15, -0.1) is 0 Å². The second-order valence-corrected chi connectivity index (χ2v) is 4.99. The zero-order valence-corrected chi connectivity index (χ0v) is 12.0. The Morgan fingerprint density at radius 3 is 2.61 bits per heavy atom. The van der Waals surface area contributed by atoms with Crippen LogP contribution in [-0.4, -0.2) is 16.6 Å². The number of hydrogen-bond acceptors (Lipinski definition) is 3. The first-order valence-corrected chi connectivity index (χ1v) is 7.03. The molecule has 0 amide bonds. The average molecular weight is 318 g/mol. The van der Waals surface area contributed by atoms with E-state index in [2.05, 4.69) is 9.97 Å². The normalized spacial score (nSPS) is 11.6. The maximum Gasteiger partial charge on any atom is 0.416 e. The van der Waals surface area contributed by atoms with E-state index in [4.69, 9.17) is 4.74 Å². The summed E-state index contributed by atoms with van der Waals surface area (Å²) < 4.78 is 43.7. The monoisotopic (exact) mass is 318 g/mol. The Bertz CT molecular complexity index is 813. The molecule has 2 aromatic carbocycles. The van der Waals surface area contributed by atoms with Crippen LogP contribution in [0.15, 0.2) is 54.9 Å². The predicted octanol–water partition coefficient (Wildman–Crippen LogP) is 4.27. The zero-order chi connectivity index (χ0) is 16.3. The molecule has 6 heteroatoms. The van der Waals surface area contributed by atoms with Crippen LogP contribution in [0.4, 0.5) is 13.2 Å². The first-order chi connectivity index (χ1) is 11.0. The quantitative estimate of drug-likeness (QED) is 0.720. The predicted molar refractivity (Wildman–Crippen MR) is 80.2 cm³/mol. The van der Waals surface area contributed by atoms with E-state index in [-0.39, 0.29) is 6.61 Å². The molecule has 3 nitrogen and oxygen atoms in total. The third-order valence-corrected chi connectivity index (χ3v) is 3.39. The number of ether oxygens (including phenoxy) is 1. The number of para-hydroxylation sites is 1. The molecular formula is C17H13F3N2O. The number of nitrogens with zero attached hydrogens (tertiary/aromatic N) is 2. The van der Waals surface area contributed by atoms with Crippen molar-refractivity contribution in [1.82, 2.24) is 9.97 Å². The van der Waals surface area contributed by atoms with E-state index in [0.29, 0.717) is 17.9 Å². The molecule has 0 fully saturated rings. The third kappa shape index (κ3) is 3.59. The third-order valence-electron chi connectivity index (χ3n) is 3.39. The lowest BCUT2D eigenvalue weighted by Crippen LogP contribution is -2.07. The summed E-state index contributed by atoms with van der Waals surface area (Å²) in [7, 11) is 0. The van der Waals surface area contributed by atoms with Crippen molar-refractivity contribution in [3.8, 4) is 5.88 Å². The highest BCUT2D eigenvalue weighted by Gasteiger charge is 2.30. The molecule has 0 spiro atoms. The minimum absolute atomic E-state index is 0.238. The number of hydrogen-bond donors (Lipinski definition) is 0. The molecule has 0 atom stereocenters. The molecule has 3 aromatic rings. The lowest BCUT2D eigenvalue weighted by Gasteiger charge is -2.10. The van der Waals surface area contributed by atoms with Gasteiger partial charge in [0.2, 0.25) is 5.88 Å². The molecule has 1 heterocycles. The second kappa shape index (κ2) is 6.24. The van der Waals surface area contributed by atoms with Crippen LogP contribution < -0.4 is 4.74 Å². The smallest absolute Gasteiger partial charge is 0.416 e. The van der Waals surface area contributed by atoms with Crippen LogP contribution in [0.1, 0.15) is 11.1 Å². The summed E-state index contributed by atoms with van der Waals surface area (Å²) >= 11 is 0. The summed E-state index contributed by atoms with van der Waals surface area (Å²) in [5.74, 6) is 0.433. The Kier molecular flexibility index (Phi) is 4.14. The Balaban J connectivity index is 1.70. The van der Waals surface area contributed by atoms with Gasteiger partial charge in [-0.3, -0.25) is 0 Å². The van der Waals surface area contributed by atoms with E-state index in [0.717, 1.165) is 23.0 Å². The number of rotatable bonds is 4. The highest BCUT2D eigenvalue weighted by atomic mass is 19.4. The van der Waals surface area contributed by atoms with Gasteiger partial charge >= 0.3 is 6.18 Å². The highest BCUT2D eigenvalue weighted by Crippen LogP contribution is 2.29. The van der Waals surface area contributed by atoms with Crippen molar-refractivity contribution in [3.05, 3.63) is 66.0 Å². The molecule has 0 saturated carbocycles. The van der Waals surface area contributed by atoms with Gasteiger partial charge in [0.1, 0.15) is 6.33 Å². The number of fused-ring (bicyclic) bond motifs is 1.